The van der Waals surface area contributed by atoms with Gasteiger partial charge in [0, 0.05) is 25.5 Å². The lowest BCUT2D eigenvalue weighted by Crippen LogP contribution is -2.23. The third-order valence-corrected chi connectivity index (χ3v) is 2.56. The number of hydrogen-bond acceptors (Lipinski definition) is 2. The van der Waals surface area contributed by atoms with E-state index in [-0.39, 0.29) is 17.3 Å². The molecule has 90 valence electrons. The summed E-state index contributed by atoms with van der Waals surface area (Å²) < 4.78 is 50.0. The van der Waals surface area contributed by atoms with Gasteiger partial charge in [0.2, 0.25) is 0 Å². The summed E-state index contributed by atoms with van der Waals surface area (Å²) in [6.45, 7) is 0.178. The molecule has 0 rings (SSSR count). The zero-order valence-corrected chi connectivity index (χ0v) is 9.26. The van der Waals surface area contributed by atoms with E-state index in [0.717, 1.165) is 11.8 Å². The van der Waals surface area contributed by atoms with Crippen LogP contribution >= 0.6 is 11.8 Å². The van der Waals surface area contributed by atoms with Crippen molar-refractivity contribution in [3.63, 3.8) is 0 Å². The van der Waals surface area contributed by atoms with E-state index in [2.05, 4.69) is 0 Å². The molecule has 0 aliphatic heterocycles. The second kappa shape index (κ2) is 7.09. The number of carbonyl (C=O) groups excluding carboxylic acids is 1. The van der Waals surface area contributed by atoms with Crippen LogP contribution in [-0.4, -0.2) is 29.6 Å². The fourth-order valence-corrected chi connectivity index (χ4v) is 1.66. The quantitative estimate of drug-likeness (QED) is 0.640. The molecule has 0 fully saturated rings. The highest BCUT2D eigenvalue weighted by Crippen LogP contribution is 2.27. The number of carbonyl (C=O) groups is 1. The summed E-state index contributed by atoms with van der Waals surface area (Å²) in [5.74, 6) is -3.10. The molecule has 0 saturated heterocycles. The van der Waals surface area contributed by atoms with E-state index >= 15 is 0 Å². The molecule has 15 heavy (non-hydrogen) atoms. The number of hydrogen-bond donors (Lipinski definition) is 0. The topological polar surface area (TPSA) is 17.1 Å². The summed E-state index contributed by atoms with van der Waals surface area (Å²) in [7, 11) is 0. The van der Waals surface area contributed by atoms with E-state index in [1.807, 2.05) is 0 Å². The van der Waals surface area contributed by atoms with Gasteiger partial charge in [0.15, 0.2) is 5.12 Å². The number of rotatable bonds is 7. The largest absolute Gasteiger partial charge is 0.288 e. The molecule has 0 saturated carbocycles. The molecule has 0 aromatic heterocycles. The van der Waals surface area contributed by atoms with Crippen molar-refractivity contribution in [2.45, 2.75) is 38.3 Å². The fourth-order valence-electron chi connectivity index (χ4n) is 0.997. The van der Waals surface area contributed by atoms with Crippen molar-refractivity contribution in [1.29, 1.82) is 0 Å². The molecule has 0 heterocycles. The summed E-state index contributed by atoms with van der Waals surface area (Å²) in [5, 5.41) is -0.169. The van der Waals surface area contributed by atoms with Gasteiger partial charge in [-0.15, -0.1) is 0 Å². The smallest absolute Gasteiger partial charge is 0.253 e. The average molecular weight is 246 g/mol. The Kier molecular flexibility index (Phi) is 6.96. The van der Waals surface area contributed by atoms with Crippen molar-refractivity contribution >= 4 is 16.9 Å². The molecule has 0 aromatic carbocycles. The molecule has 0 aliphatic carbocycles. The van der Waals surface area contributed by atoms with Gasteiger partial charge in [0.05, 0.1) is 6.67 Å². The standard InChI is InChI=1S/C9H14F4OS/c1-7(14)15-5-2-8(11)6-9(12,13)3-4-10/h8H,2-6H2,1H3. The van der Waals surface area contributed by atoms with Gasteiger partial charge < -0.3 is 0 Å². The van der Waals surface area contributed by atoms with Crippen molar-refractivity contribution < 1.29 is 22.4 Å². The van der Waals surface area contributed by atoms with Gasteiger partial charge >= 0.3 is 0 Å². The zero-order valence-electron chi connectivity index (χ0n) is 8.44. The van der Waals surface area contributed by atoms with Crippen molar-refractivity contribution in [1.82, 2.24) is 0 Å². The van der Waals surface area contributed by atoms with E-state index in [9.17, 15) is 22.4 Å². The Balaban J connectivity index is 3.72. The lowest BCUT2D eigenvalue weighted by Gasteiger charge is -2.16. The summed E-state index contributed by atoms with van der Waals surface area (Å²) >= 11 is 0.901. The van der Waals surface area contributed by atoms with Crippen LogP contribution in [0.15, 0.2) is 0 Å². The Bertz CT molecular complexity index is 199. The first-order chi connectivity index (χ1) is 6.87. The Morgan fingerprint density at radius 3 is 2.53 bits per heavy atom. The van der Waals surface area contributed by atoms with Crippen LogP contribution < -0.4 is 0 Å². The minimum atomic E-state index is -3.28. The summed E-state index contributed by atoms with van der Waals surface area (Å²) in [6, 6.07) is 0. The molecule has 0 aliphatic rings. The van der Waals surface area contributed by atoms with Gasteiger partial charge in [-0.05, 0) is 6.42 Å². The van der Waals surface area contributed by atoms with Gasteiger partial charge in [-0.2, -0.15) is 0 Å². The first-order valence-corrected chi connectivity index (χ1v) is 5.57. The second-order valence-electron chi connectivity index (χ2n) is 3.23. The Morgan fingerprint density at radius 1 is 1.47 bits per heavy atom. The van der Waals surface area contributed by atoms with Gasteiger partial charge in [0.25, 0.3) is 5.92 Å². The average Bonchev–Trinajstić information content (AvgIpc) is 2.01. The highest BCUT2D eigenvalue weighted by atomic mass is 32.2. The maximum atomic E-state index is 12.9. The Labute approximate surface area is 90.6 Å². The molecule has 0 aromatic rings. The predicted molar refractivity (Wildman–Crippen MR) is 52.8 cm³/mol. The van der Waals surface area contributed by atoms with Crippen LogP contribution in [-0.2, 0) is 4.79 Å². The van der Waals surface area contributed by atoms with Crippen LogP contribution in [0.5, 0.6) is 0 Å². The summed E-state index contributed by atoms with van der Waals surface area (Å²) in [6.07, 6.45) is -3.69. The van der Waals surface area contributed by atoms with E-state index in [0.29, 0.717) is 0 Å². The molecule has 0 bridgehead atoms. The molecule has 0 amide bonds. The molecule has 6 heteroatoms. The first-order valence-electron chi connectivity index (χ1n) is 4.58. The molecule has 0 spiro atoms. The highest BCUT2D eigenvalue weighted by molar-refractivity contribution is 8.13. The Morgan fingerprint density at radius 2 is 2.07 bits per heavy atom. The third-order valence-electron chi connectivity index (χ3n) is 1.72. The summed E-state index contributed by atoms with van der Waals surface area (Å²) in [5.41, 5.74) is 0. The molecular formula is C9H14F4OS. The molecular weight excluding hydrogens is 232 g/mol. The van der Waals surface area contributed by atoms with Crippen LogP contribution in [0.25, 0.3) is 0 Å². The zero-order chi connectivity index (χ0) is 11.9. The van der Waals surface area contributed by atoms with Crippen molar-refractivity contribution in [3.05, 3.63) is 0 Å². The van der Waals surface area contributed by atoms with Gasteiger partial charge in [-0.1, -0.05) is 11.8 Å². The maximum Gasteiger partial charge on any atom is 0.253 e. The highest BCUT2D eigenvalue weighted by Gasteiger charge is 2.32. The molecule has 0 N–H and O–H groups in total. The third kappa shape index (κ3) is 8.72. The summed E-state index contributed by atoms with van der Waals surface area (Å²) in [4.78, 5) is 10.5. The molecule has 0 radical (unpaired) electrons. The maximum absolute atomic E-state index is 12.9. The predicted octanol–water partition coefficient (Wildman–Crippen LogP) is 3.38. The SMILES string of the molecule is CC(=O)SCCC(F)CC(F)(F)CCF. The van der Waals surface area contributed by atoms with Crippen LogP contribution in [0.4, 0.5) is 17.6 Å². The van der Waals surface area contributed by atoms with Crippen molar-refractivity contribution in [3.8, 4) is 0 Å². The van der Waals surface area contributed by atoms with E-state index in [1.54, 1.807) is 0 Å². The van der Waals surface area contributed by atoms with Crippen LogP contribution in [0, 0.1) is 0 Å². The Hall–Kier alpha value is -0.260. The normalized spacial score (nSPS) is 13.9. The monoisotopic (exact) mass is 246 g/mol. The van der Waals surface area contributed by atoms with Gasteiger partial charge in [0.1, 0.15) is 6.17 Å². The number of thioether (sulfide) groups is 1. The minimum Gasteiger partial charge on any atom is -0.288 e. The van der Waals surface area contributed by atoms with E-state index in [1.165, 1.54) is 6.92 Å². The van der Waals surface area contributed by atoms with Gasteiger partial charge in [-0.3, -0.25) is 9.18 Å². The van der Waals surface area contributed by atoms with Crippen LogP contribution in [0.1, 0.15) is 26.2 Å². The first kappa shape index (κ1) is 14.7. The van der Waals surface area contributed by atoms with Crippen molar-refractivity contribution in [2.24, 2.45) is 0 Å². The molecule has 1 unspecified atom stereocenters. The van der Waals surface area contributed by atoms with Crippen molar-refractivity contribution in [2.75, 3.05) is 12.4 Å². The molecule has 1 nitrogen and oxygen atoms in total. The van der Waals surface area contributed by atoms with Crippen LogP contribution in [0.2, 0.25) is 0 Å². The number of halogens is 4. The number of alkyl halides is 4. The lowest BCUT2D eigenvalue weighted by molar-refractivity contribution is -0.109. The van der Waals surface area contributed by atoms with E-state index < -0.39 is 31.6 Å². The second-order valence-corrected chi connectivity index (χ2v) is 4.50. The molecule has 1 atom stereocenters. The minimum absolute atomic E-state index is 0.105. The van der Waals surface area contributed by atoms with E-state index in [4.69, 9.17) is 0 Å². The van der Waals surface area contributed by atoms with Gasteiger partial charge in [-0.25, -0.2) is 13.2 Å². The fraction of sp³-hybridized carbons (Fsp3) is 0.889. The van der Waals surface area contributed by atoms with Crippen LogP contribution in [0.3, 0.4) is 0 Å². The lowest BCUT2D eigenvalue weighted by atomic mass is 10.1.